The zero-order chi connectivity index (χ0) is 27.4. The molecule has 0 spiro atoms. The maximum absolute atomic E-state index is 13.6. The molecule has 2 aromatic carbocycles. The van der Waals surface area contributed by atoms with Gasteiger partial charge in [0.15, 0.2) is 0 Å². The number of hydrogen-bond acceptors (Lipinski definition) is 6. The van der Waals surface area contributed by atoms with Crippen molar-refractivity contribution in [1.29, 1.82) is 0 Å². The van der Waals surface area contributed by atoms with E-state index in [0.29, 0.717) is 12.1 Å². The number of hydrogen-bond donors (Lipinski definition) is 2. The minimum Gasteiger partial charge on any atom is -0.326 e. The van der Waals surface area contributed by atoms with Crippen molar-refractivity contribution >= 4 is 25.9 Å². The second-order valence-corrected chi connectivity index (χ2v) is 12.4. The molecule has 2 aromatic rings. The van der Waals surface area contributed by atoms with Gasteiger partial charge < -0.3 is 15.1 Å². The van der Waals surface area contributed by atoms with Crippen molar-refractivity contribution < 1.29 is 34.8 Å². The van der Waals surface area contributed by atoms with E-state index in [1.807, 2.05) is 0 Å². The standard InChI is InChI=1S/C23H29F3N4O5S2/c1-29(22(31)30(2)17-10-12-27-13-11-17)15-14-28-37(34,35)21-16-19(8-9-20(21)23(24,25)26)36(32,33)18-6-4-3-5-7-18/h3-9,16-17,27-28H,10-15H2,1-2H3. The van der Waals surface area contributed by atoms with Gasteiger partial charge in [-0.2, -0.15) is 13.2 Å². The Morgan fingerprint density at radius 3 is 2.22 bits per heavy atom. The van der Waals surface area contributed by atoms with Gasteiger partial charge in [-0.05, 0) is 56.3 Å². The maximum atomic E-state index is 13.6. The Bertz CT molecular complexity index is 1310. The molecule has 1 saturated heterocycles. The van der Waals surface area contributed by atoms with Crippen LogP contribution in [-0.4, -0.2) is 79.0 Å². The molecular weight excluding hydrogens is 533 g/mol. The SMILES string of the molecule is CN(CCNS(=O)(=O)c1cc(S(=O)(=O)c2ccccc2)ccc1C(F)(F)F)C(=O)N(C)C1CCNCC1. The van der Waals surface area contributed by atoms with Crippen LogP contribution in [0.3, 0.4) is 0 Å². The number of rotatable bonds is 8. The Morgan fingerprint density at radius 1 is 1.00 bits per heavy atom. The summed E-state index contributed by atoms with van der Waals surface area (Å²) in [6.45, 7) is 1.05. The van der Waals surface area contributed by atoms with Crippen LogP contribution in [0.1, 0.15) is 18.4 Å². The normalized spacial score (nSPS) is 15.4. The van der Waals surface area contributed by atoms with Crippen LogP contribution >= 0.6 is 0 Å². The Labute approximate surface area is 214 Å². The largest absolute Gasteiger partial charge is 0.417 e. The molecule has 2 amide bonds. The van der Waals surface area contributed by atoms with Crippen LogP contribution < -0.4 is 10.0 Å². The number of nitrogens with one attached hydrogen (secondary N) is 2. The molecule has 1 heterocycles. The number of nitrogens with zero attached hydrogens (tertiary/aromatic N) is 2. The van der Waals surface area contributed by atoms with Crippen LogP contribution in [0.4, 0.5) is 18.0 Å². The number of amides is 2. The first-order chi connectivity index (χ1) is 17.2. The molecule has 0 atom stereocenters. The number of sulfone groups is 1. The first kappa shape index (κ1) is 28.9. The molecule has 2 N–H and O–H groups in total. The molecule has 14 heteroatoms. The summed E-state index contributed by atoms with van der Waals surface area (Å²) < 4.78 is 94.6. The molecule has 1 aliphatic heterocycles. The highest BCUT2D eigenvalue weighted by Crippen LogP contribution is 2.36. The van der Waals surface area contributed by atoms with Gasteiger partial charge in [-0.1, -0.05) is 18.2 Å². The minimum absolute atomic E-state index is 0.0246. The van der Waals surface area contributed by atoms with Crippen molar-refractivity contribution in [3.05, 3.63) is 54.1 Å². The quantitative estimate of drug-likeness (QED) is 0.511. The summed E-state index contributed by atoms with van der Waals surface area (Å²) in [5.41, 5.74) is -1.50. The van der Waals surface area contributed by atoms with E-state index in [1.54, 1.807) is 18.0 Å². The Balaban J connectivity index is 1.80. The number of halogens is 3. The fourth-order valence-corrected chi connectivity index (χ4v) is 6.66. The maximum Gasteiger partial charge on any atom is 0.417 e. The smallest absolute Gasteiger partial charge is 0.326 e. The third-order valence-corrected chi connectivity index (χ3v) is 9.40. The van der Waals surface area contributed by atoms with E-state index >= 15 is 0 Å². The van der Waals surface area contributed by atoms with Gasteiger partial charge in [0.05, 0.1) is 20.2 Å². The number of likely N-dealkylation sites (N-methyl/N-ethyl adjacent to an activating group) is 1. The van der Waals surface area contributed by atoms with E-state index < -0.39 is 41.4 Å². The van der Waals surface area contributed by atoms with E-state index in [9.17, 15) is 34.8 Å². The topological polar surface area (TPSA) is 116 Å². The number of carbonyl (C=O) groups is 1. The molecule has 0 aliphatic carbocycles. The molecule has 204 valence electrons. The number of carbonyl (C=O) groups excluding carboxylic acids is 1. The van der Waals surface area contributed by atoms with Gasteiger partial charge in [0.25, 0.3) is 0 Å². The van der Waals surface area contributed by atoms with Gasteiger partial charge in [0, 0.05) is 33.2 Å². The predicted molar refractivity (Wildman–Crippen MR) is 130 cm³/mol. The van der Waals surface area contributed by atoms with E-state index in [1.165, 1.54) is 36.2 Å². The Morgan fingerprint density at radius 2 is 1.62 bits per heavy atom. The van der Waals surface area contributed by atoms with Gasteiger partial charge in [-0.25, -0.2) is 26.4 Å². The van der Waals surface area contributed by atoms with Gasteiger partial charge in [0.2, 0.25) is 19.9 Å². The lowest BCUT2D eigenvalue weighted by Crippen LogP contribution is -2.49. The van der Waals surface area contributed by atoms with Crippen LogP contribution in [0.2, 0.25) is 0 Å². The molecule has 0 saturated carbocycles. The third kappa shape index (κ3) is 6.80. The first-order valence-corrected chi connectivity index (χ1v) is 14.4. The molecule has 9 nitrogen and oxygen atoms in total. The Kier molecular flexibility index (Phi) is 8.88. The first-order valence-electron chi connectivity index (χ1n) is 11.4. The predicted octanol–water partition coefficient (Wildman–Crippen LogP) is 2.55. The molecule has 3 rings (SSSR count). The second kappa shape index (κ2) is 11.4. The fraction of sp³-hybridized carbons (Fsp3) is 0.435. The summed E-state index contributed by atoms with van der Waals surface area (Å²) in [6, 6.07) is 8.31. The van der Waals surface area contributed by atoms with E-state index in [0.717, 1.165) is 32.0 Å². The average molecular weight is 563 g/mol. The highest BCUT2D eigenvalue weighted by Gasteiger charge is 2.38. The monoisotopic (exact) mass is 562 g/mol. The van der Waals surface area contributed by atoms with E-state index in [4.69, 9.17) is 0 Å². The summed E-state index contributed by atoms with van der Waals surface area (Å²) in [7, 11) is -5.96. The molecule has 1 fully saturated rings. The van der Waals surface area contributed by atoms with Crippen LogP contribution in [0, 0.1) is 0 Å². The molecule has 37 heavy (non-hydrogen) atoms. The van der Waals surface area contributed by atoms with Gasteiger partial charge in [-0.3, -0.25) is 0 Å². The van der Waals surface area contributed by atoms with Gasteiger partial charge in [-0.15, -0.1) is 0 Å². The number of benzene rings is 2. The summed E-state index contributed by atoms with van der Waals surface area (Å²) >= 11 is 0. The molecule has 0 unspecified atom stereocenters. The minimum atomic E-state index is -5.05. The summed E-state index contributed by atoms with van der Waals surface area (Å²) in [4.78, 5) is 13.5. The van der Waals surface area contributed by atoms with E-state index in [-0.39, 0.29) is 30.1 Å². The number of urea groups is 1. The van der Waals surface area contributed by atoms with Crippen molar-refractivity contribution in [1.82, 2.24) is 19.8 Å². The molecule has 0 radical (unpaired) electrons. The molecule has 1 aliphatic rings. The van der Waals surface area contributed by atoms with Crippen molar-refractivity contribution in [2.24, 2.45) is 0 Å². The van der Waals surface area contributed by atoms with Crippen LogP contribution in [0.15, 0.2) is 63.2 Å². The molecule has 0 bridgehead atoms. The lowest BCUT2D eigenvalue weighted by Gasteiger charge is -2.34. The van der Waals surface area contributed by atoms with Crippen molar-refractivity contribution in [2.45, 2.75) is 39.7 Å². The summed E-state index contributed by atoms with van der Waals surface area (Å²) in [5, 5.41) is 3.20. The number of sulfonamides is 1. The van der Waals surface area contributed by atoms with Crippen LogP contribution in [-0.2, 0) is 26.0 Å². The zero-order valence-electron chi connectivity index (χ0n) is 20.3. The second-order valence-electron chi connectivity index (χ2n) is 8.67. The van der Waals surface area contributed by atoms with Crippen LogP contribution in [0.25, 0.3) is 0 Å². The van der Waals surface area contributed by atoms with E-state index in [2.05, 4.69) is 10.0 Å². The number of piperidine rings is 1. The zero-order valence-corrected chi connectivity index (χ0v) is 22.0. The third-order valence-electron chi connectivity index (χ3n) is 6.14. The summed E-state index contributed by atoms with van der Waals surface area (Å²) in [5.74, 6) is 0. The van der Waals surface area contributed by atoms with Crippen molar-refractivity contribution in [3.8, 4) is 0 Å². The van der Waals surface area contributed by atoms with Gasteiger partial charge >= 0.3 is 12.2 Å². The number of alkyl halides is 3. The highest BCUT2D eigenvalue weighted by atomic mass is 32.2. The average Bonchev–Trinajstić information content (AvgIpc) is 2.87. The summed E-state index contributed by atoms with van der Waals surface area (Å²) in [6.07, 6.45) is -3.51. The highest BCUT2D eigenvalue weighted by molar-refractivity contribution is 7.91. The van der Waals surface area contributed by atoms with Crippen molar-refractivity contribution in [3.63, 3.8) is 0 Å². The van der Waals surface area contributed by atoms with Crippen molar-refractivity contribution in [2.75, 3.05) is 40.3 Å². The fourth-order valence-electron chi connectivity index (χ4n) is 4.00. The Hall–Kier alpha value is -2.68. The van der Waals surface area contributed by atoms with Gasteiger partial charge in [0.1, 0.15) is 0 Å². The lowest BCUT2D eigenvalue weighted by molar-refractivity contribution is -0.139. The molecular formula is C23H29F3N4O5S2. The molecule has 0 aromatic heterocycles. The lowest BCUT2D eigenvalue weighted by atomic mass is 10.1. The van der Waals surface area contributed by atoms with Crippen LogP contribution in [0.5, 0.6) is 0 Å².